The van der Waals surface area contributed by atoms with Crippen molar-refractivity contribution in [3.63, 3.8) is 0 Å². The number of carbonyl (C=O) groups excluding carboxylic acids is 1. The second kappa shape index (κ2) is 4.72. The summed E-state index contributed by atoms with van der Waals surface area (Å²) in [5.41, 5.74) is 5.58. The van der Waals surface area contributed by atoms with Gasteiger partial charge in [-0.25, -0.2) is 0 Å². The highest BCUT2D eigenvalue weighted by atomic mass is 16.5. The van der Waals surface area contributed by atoms with Gasteiger partial charge in [-0.3, -0.25) is 4.79 Å². The molecular weight excluding hydrogens is 204 g/mol. The molecule has 1 saturated carbocycles. The Bertz CT molecular complexity index is 262. The molecule has 1 unspecified atom stereocenters. The number of morpholine rings is 1. The fourth-order valence-corrected chi connectivity index (χ4v) is 2.89. The highest BCUT2D eigenvalue weighted by molar-refractivity contribution is 5.83. The Hall–Kier alpha value is -0.610. The number of amides is 1. The SMILES string of the molecule is CC1COCCN1C(=O)C1(CN)CCCC1. The third-order valence-corrected chi connectivity index (χ3v) is 4.03. The molecule has 1 atom stereocenters. The molecule has 16 heavy (non-hydrogen) atoms. The summed E-state index contributed by atoms with van der Waals surface area (Å²) in [5, 5.41) is 0. The van der Waals surface area contributed by atoms with E-state index in [1.807, 2.05) is 4.90 Å². The van der Waals surface area contributed by atoms with E-state index < -0.39 is 0 Å². The van der Waals surface area contributed by atoms with Crippen molar-refractivity contribution >= 4 is 5.91 Å². The van der Waals surface area contributed by atoms with Gasteiger partial charge in [-0.05, 0) is 19.8 Å². The fourth-order valence-electron chi connectivity index (χ4n) is 2.89. The molecule has 1 aliphatic heterocycles. The summed E-state index contributed by atoms with van der Waals surface area (Å²) in [6.07, 6.45) is 4.21. The second-order valence-corrected chi connectivity index (χ2v) is 5.11. The van der Waals surface area contributed by atoms with Crippen LogP contribution in [0, 0.1) is 5.41 Å². The van der Waals surface area contributed by atoms with Gasteiger partial charge in [-0.1, -0.05) is 12.8 Å². The Kier molecular flexibility index (Phi) is 3.50. The Morgan fingerprint density at radius 1 is 1.50 bits per heavy atom. The Morgan fingerprint density at radius 2 is 2.19 bits per heavy atom. The van der Waals surface area contributed by atoms with Crippen molar-refractivity contribution in [2.24, 2.45) is 11.1 Å². The lowest BCUT2D eigenvalue weighted by Gasteiger charge is -2.39. The molecular formula is C12H22N2O2. The molecule has 2 N–H and O–H groups in total. The van der Waals surface area contributed by atoms with E-state index in [0.29, 0.717) is 19.8 Å². The largest absolute Gasteiger partial charge is 0.377 e. The van der Waals surface area contributed by atoms with Crippen molar-refractivity contribution in [3.8, 4) is 0 Å². The molecule has 2 fully saturated rings. The van der Waals surface area contributed by atoms with Gasteiger partial charge in [0.2, 0.25) is 5.91 Å². The first-order valence-corrected chi connectivity index (χ1v) is 6.28. The van der Waals surface area contributed by atoms with Crippen molar-refractivity contribution in [1.29, 1.82) is 0 Å². The maximum absolute atomic E-state index is 12.6. The minimum absolute atomic E-state index is 0.199. The van der Waals surface area contributed by atoms with Gasteiger partial charge in [-0.2, -0.15) is 0 Å². The average molecular weight is 226 g/mol. The highest BCUT2D eigenvalue weighted by Crippen LogP contribution is 2.39. The van der Waals surface area contributed by atoms with E-state index in [9.17, 15) is 4.79 Å². The topological polar surface area (TPSA) is 55.6 Å². The second-order valence-electron chi connectivity index (χ2n) is 5.11. The fraction of sp³-hybridized carbons (Fsp3) is 0.917. The molecule has 92 valence electrons. The smallest absolute Gasteiger partial charge is 0.230 e. The first-order chi connectivity index (χ1) is 7.69. The lowest BCUT2D eigenvalue weighted by molar-refractivity contribution is -0.149. The van der Waals surface area contributed by atoms with E-state index >= 15 is 0 Å². The Balaban J connectivity index is 2.10. The van der Waals surface area contributed by atoms with Gasteiger partial charge in [0, 0.05) is 13.1 Å². The van der Waals surface area contributed by atoms with Crippen molar-refractivity contribution in [2.75, 3.05) is 26.3 Å². The molecule has 0 radical (unpaired) electrons. The molecule has 4 heteroatoms. The summed E-state index contributed by atoms with van der Waals surface area (Å²) in [7, 11) is 0. The van der Waals surface area contributed by atoms with Crippen LogP contribution in [0.4, 0.5) is 0 Å². The molecule has 1 heterocycles. The molecule has 1 aliphatic carbocycles. The van der Waals surface area contributed by atoms with Gasteiger partial charge in [0.05, 0.1) is 24.7 Å². The van der Waals surface area contributed by atoms with E-state index in [4.69, 9.17) is 10.5 Å². The van der Waals surface area contributed by atoms with Crippen LogP contribution in [0.5, 0.6) is 0 Å². The zero-order valence-corrected chi connectivity index (χ0v) is 10.1. The molecule has 0 aromatic heterocycles. The first-order valence-electron chi connectivity index (χ1n) is 6.28. The zero-order chi connectivity index (χ0) is 11.6. The quantitative estimate of drug-likeness (QED) is 0.756. The van der Waals surface area contributed by atoms with E-state index in [0.717, 1.165) is 32.2 Å². The summed E-state index contributed by atoms with van der Waals surface area (Å²) in [6.45, 7) is 4.59. The molecule has 0 spiro atoms. The minimum atomic E-state index is -0.258. The Morgan fingerprint density at radius 3 is 2.75 bits per heavy atom. The standard InChI is InChI=1S/C12H22N2O2/c1-10-8-16-7-6-14(10)11(15)12(9-13)4-2-3-5-12/h10H,2-9,13H2,1H3. The summed E-state index contributed by atoms with van der Waals surface area (Å²) in [5.74, 6) is 0.267. The number of nitrogens with two attached hydrogens (primary N) is 1. The van der Waals surface area contributed by atoms with Crippen LogP contribution in [0.3, 0.4) is 0 Å². The lowest BCUT2D eigenvalue weighted by Crippen LogP contribution is -2.54. The normalized spacial score (nSPS) is 29.4. The highest BCUT2D eigenvalue weighted by Gasteiger charge is 2.43. The number of hydrogen-bond donors (Lipinski definition) is 1. The van der Waals surface area contributed by atoms with Crippen molar-refractivity contribution in [1.82, 2.24) is 4.90 Å². The van der Waals surface area contributed by atoms with Crippen LogP contribution in [-0.2, 0) is 9.53 Å². The lowest BCUT2D eigenvalue weighted by atomic mass is 9.84. The predicted octanol–water partition coefficient (Wildman–Crippen LogP) is 0.753. The third-order valence-electron chi connectivity index (χ3n) is 4.03. The molecule has 2 aliphatic rings. The number of ether oxygens (including phenoxy) is 1. The summed E-state index contributed by atoms with van der Waals surface area (Å²) >= 11 is 0. The molecule has 1 amide bonds. The summed E-state index contributed by atoms with van der Waals surface area (Å²) in [6, 6.07) is 0.199. The van der Waals surface area contributed by atoms with Crippen LogP contribution < -0.4 is 5.73 Å². The molecule has 2 rings (SSSR count). The maximum Gasteiger partial charge on any atom is 0.230 e. The maximum atomic E-state index is 12.6. The van der Waals surface area contributed by atoms with Crippen LogP contribution in [0.25, 0.3) is 0 Å². The number of carbonyl (C=O) groups is 1. The minimum Gasteiger partial charge on any atom is -0.377 e. The average Bonchev–Trinajstić information content (AvgIpc) is 2.78. The third kappa shape index (κ3) is 1.96. The molecule has 0 bridgehead atoms. The monoisotopic (exact) mass is 226 g/mol. The van der Waals surface area contributed by atoms with Gasteiger partial charge in [0.15, 0.2) is 0 Å². The van der Waals surface area contributed by atoms with Crippen LogP contribution in [0.15, 0.2) is 0 Å². The summed E-state index contributed by atoms with van der Waals surface area (Å²) < 4.78 is 5.37. The van der Waals surface area contributed by atoms with Gasteiger partial charge >= 0.3 is 0 Å². The molecule has 4 nitrogen and oxygen atoms in total. The van der Waals surface area contributed by atoms with Gasteiger partial charge < -0.3 is 15.4 Å². The van der Waals surface area contributed by atoms with E-state index in [-0.39, 0.29) is 17.4 Å². The number of hydrogen-bond acceptors (Lipinski definition) is 3. The number of rotatable bonds is 2. The zero-order valence-electron chi connectivity index (χ0n) is 10.1. The van der Waals surface area contributed by atoms with Crippen molar-refractivity contribution in [2.45, 2.75) is 38.6 Å². The van der Waals surface area contributed by atoms with Crippen LogP contribution in [0.1, 0.15) is 32.6 Å². The van der Waals surface area contributed by atoms with Crippen molar-refractivity contribution < 1.29 is 9.53 Å². The number of nitrogens with zero attached hydrogens (tertiary/aromatic N) is 1. The van der Waals surface area contributed by atoms with E-state index in [1.165, 1.54) is 0 Å². The van der Waals surface area contributed by atoms with Crippen molar-refractivity contribution in [3.05, 3.63) is 0 Å². The first kappa shape index (κ1) is 11.9. The van der Waals surface area contributed by atoms with Crippen LogP contribution in [-0.4, -0.2) is 43.2 Å². The Labute approximate surface area is 97.1 Å². The predicted molar refractivity (Wildman–Crippen MR) is 61.9 cm³/mol. The molecule has 0 aromatic carbocycles. The van der Waals surface area contributed by atoms with Gasteiger partial charge in [-0.15, -0.1) is 0 Å². The molecule has 1 saturated heterocycles. The summed E-state index contributed by atoms with van der Waals surface area (Å²) in [4.78, 5) is 14.5. The van der Waals surface area contributed by atoms with Crippen LogP contribution >= 0.6 is 0 Å². The van der Waals surface area contributed by atoms with Gasteiger partial charge in [0.25, 0.3) is 0 Å². The van der Waals surface area contributed by atoms with E-state index in [2.05, 4.69) is 6.92 Å². The van der Waals surface area contributed by atoms with Gasteiger partial charge in [0.1, 0.15) is 0 Å². The van der Waals surface area contributed by atoms with Crippen LogP contribution in [0.2, 0.25) is 0 Å². The van der Waals surface area contributed by atoms with E-state index in [1.54, 1.807) is 0 Å². The molecule has 0 aromatic rings.